The Morgan fingerprint density at radius 1 is 1.26 bits per heavy atom. The average Bonchev–Trinajstić information content (AvgIpc) is 3.05. The molecule has 10 heteroatoms. The fourth-order valence-corrected chi connectivity index (χ4v) is 2.96. The van der Waals surface area contributed by atoms with Crippen LogP contribution in [0.2, 0.25) is 0 Å². The number of thiophene rings is 1. The van der Waals surface area contributed by atoms with Gasteiger partial charge in [-0.15, -0.1) is 16.3 Å². The molecule has 1 aromatic heterocycles. The van der Waals surface area contributed by atoms with Crippen molar-refractivity contribution in [3.63, 3.8) is 0 Å². The van der Waals surface area contributed by atoms with Gasteiger partial charge in [-0.2, -0.15) is 0 Å². The second kappa shape index (κ2) is 9.92. The first-order chi connectivity index (χ1) is 13.1. The summed E-state index contributed by atoms with van der Waals surface area (Å²) in [7, 11) is 1.18. The molecule has 9 nitrogen and oxygen atoms in total. The number of methoxy groups -OCH3 is 1. The second-order valence-electron chi connectivity index (χ2n) is 4.88. The van der Waals surface area contributed by atoms with Gasteiger partial charge < -0.3 is 20.1 Å². The molecule has 0 bridgehead atoms. The van der Waals surface area contributed by atoms with E-state index in [4.69, 9.17) is 4.74 Å². The van der Waals surface area contributed by atoms with Gasteiger partial charge in [-0.3, -0.25) is 10.1 Å². The number of hydrogen-bond acceptors (Lipinski definition) is 6. The fourth-order valence-electron chi connectivity index (χ4n) is 2.07. The summed E-state index contributed by atoms with van der Waals surface area (Å²) in [5.41, 5.74) is 2.06. The van der Waals surface area contributed by atoms with Crippen molar-refractivity contribution in [2.24, 2.45) is 4.99 Å². The van der Waals surface area contributed by atoms with Gasteiger partial charge in [0.05, 0.1) is 19.4 Å². The number of ether oxygens (including phenoxy) is 2. The number of guanidine groups is 1. The Hall–Kier alpha value is -3.40. The third-order valence-corrected chi connectivity index (χ3v) is 4.10. The summed E-state index contributed by atoms with van der Waals surface area (Å²) in [5.74, 6) is -0.204. The zero-order chi connectivity index (χ0) is 19.6. The lowest BCUT2D eigenvalue weighted by molar-refractivity contribution is -0.105. The molecule has 0 aliphatic rings. The predicted molar refractivity (Wildman–Crippen MR) is 103 cm³/mol. The van der Waals surface area contributed by atoms with Crippen molar-refractivity contribution in [1.29, 1.82) is 0 Å². The van der Waals surface area contributed by atoms with Crippen molar-refractivity contribution in [3.05, 3.63) is 35.7 Å². The lowest BCUT2D eigenvalue weighted by atomic mass is 10.1. The molecule has 0 radical (unpaired) electrons. The van der Waals surface area contributed by atoms with Crippen LogP contribution in [0.1, 0.15) is 6.92 Å². The lowest BCUT2D eigenvalue weighted by Gasteiger charge is -2.13. The normalized spacial score (nSPS) is 10.7. The van der Waals surface area contributed by atoms with Crippen LogP contribution in [0.4, 0.5) is 20.3 Å². The number of nitrogens with one attached hydrogen (secondary N) is 3. The third kappa shape index (κ3) is 5.54. The van der Waals surface area contributed by atoms with Crippen LogP contribution in [0.15, 0.2) is 40.7 Å². The van der Waals surface area contributed by atoms with Gasteiger partial charge in [-0.05, 0) is 12.5 Å². The molecular formula is C17H18N4O5S. The van der Waals surface area contributed by atoms with E-state index in [1.165, 1.54) is 18.4 Å². The minimum Gasteiger partial charge on any atom is -0.453 e. The quantitative estimate of drug-likeness (QED) is 0.410. The summed E-state index contributed by atoms with van der Waals surface area (Å²) in [4.78, 5) is 37.9. The second-order valence-corrected chi connectivity index (χ2v) is 5.76. The van der Waals surface area contributed by atoms with Crippen LogP contribution in [0, 0.1) is 0 Å². The van der Waals surface area contributed by atoms with E-state index in [2.05, 4.69) is 25.7 Å². The van der Waals surface area contributed by atoms with Gasteiger partial charge in [0.15, 0.2) is 0 Å². The number of amides is 3. The van der Waals surface area contributed by atoms with Gasteiger partial charge in [-0.25, -0.2) is 9.59 Å². The van der Waals surface area contributed by atoms with Crippen LogP contribution in [0.3, 0.4) is 0 Å². The summed E-state index contributed by atoms with van der Waals surface area (Å²) in [6.45, 7) is 1.76. The molecule has 2 rings (SSSR count). The molecule has 0 spiro atoms. The Morgan fingerprint density at radius 3 is 2.63 bits per heavy atom. The molecule has 0 aliphatic heterocycles. The Kier molecular flexibility index (Phi) is 7.32. The highest BCUT2D eigenvalue weighted by molar-refractivity contribution is 7.15. The molecule has 142 valence electrons. The molecule has 0 saturated heterocycles. The molecule has 0 unspecified atom stereocenters. The highest BCUT2D eigenvalue weighted by Crippen LogP contribution is 2.40. The first-order valence-corrected chi connectivity index (χ1v) is 8.71. The van der Waals surface area contributed by atoms with Crippen molar-refractivity contribution in [1.82, 2.24) is 5.32 Å². The lowest BCUT2D eigenvalue weighted by Crippen LogP contribution is -2.36. The molecule has 2 aromatic rings. The van der Waals surface area contributed by atoms with E-state index in [9.17, 15) is 14.4 Å². The Labute approximate surface area is 159 Å². The average molecular weight is 390 g/mol. The van der Waals surface area contributed by atoms with Gasteiger partial charge in [0.1, 0.15) is 5.00 Å². The minimum atomic E-state index is -0.891. The van der Waals surface area contributed by atoms with Crippen LogP contribution in [-0.4, -0.2) is 38.3 Å². The predicted octanol–water partition coefficient (Wildman–Crippen LogP) is 3.26. The largest absolute Gasteiger partial charge is 0.453 e. The van der Waals surface area contributed by atoms with E-state index >= 15 is 0 Å². The van der Waals surface area contributed by atoms with E-state index in [0.29, 0.717) is 17.1 Å². The van der Waals surface area contributed by atoms with E-state index < -0.39 is 12.2 Å². The fraction of sp³-hybridized carbons (Fsp3) is 0.176. The molecule has 3 N–H and O–H groups in total. The van der Waals surface area contributed by atoms with E-state index in [-0.39, 0.29) is 12.6 Å². The number of alkyl carbamates (subject to hydrolysis) is 1. The van der Waals surface area contributed by atoms with Gasteiger partial charge in [-0.1, -0.05) is 30.3 Å². The maximum absolute atomic E-state index is 11.7. The smallest absolute Gasteiger partial charge is 0.436 e. The number of carbonyl (C=O) groups excluding carboxylic acids is 3. The van der Waals surface area contributed by atoms with Crippen LogP contribution in [-0.2, 0) is 14.3 Å². The van der Waals surface area contributed by atoms with Crippen LogP contribution < -0.4 is 16.0 Å². The SMILES string of the molecule is CCOC(=O)N=C(NC(=O)OC)Nc1c(-c2ccccc2)csc1NC=O. The number of aliphatic imine (C=N–C) groups is 1. The Morgan fingerprint density at radius 2 is 2.00 bits per heavy atom. The van der Waals surface area contributed by atoms with Crippen molar-refractivity contribution < 1.29 is 23.9 Å². The van der Waals surface area contributed by atoms with Crippen LogP contribution >= 0.6 is 11.3 Å². The number of nitrogens with zero attached hydrogens (tertiary/aromatic N) is 1. The van der Waals surface area contributed by atoms with E-state index in [1.54, 1.807) is 6.92 Å². The Balaban J connectivity index is 2.42. The van der Waals surface area contributed by atoms with E-state index in [1.807, 2.05) is 35.7 Å². The third-order valence-electron chi connectivity index (χ3n) is 3.19. The van der Waals surface area contributed by atoms with Gasteiger partial charge in [0.25, 0.3) is 0 Å². The summed E-state index contributed by atoms with van der Waals surface area (Å²) >= 11 is 1.27. The number of anilines is 2. The maximum atomic E-state index is 11.7. The highest BCUT2D eigenvalue weighted by atomic mass is 32.1. The van der Waals surface area contributed by atoms with Gasteiger partial charge in [0.2, 0.25) is 12.4 Å². The Bertz CT molecular complexity index is 835. The number of benzene rings is 1. The first kappa shape index (κ1) is 19.9. The highest BCUT2D eigenvalue weighted by Gasteiger charge is 2.17. The molecule has 0 atom stereocenters. The van der Waals surface area contributed by atoms with Crippen LogP contribution in [0.5, 0.6) is 0 Å². The van der Waals surface area contributed by atoms with Crippen molar-refractivity contribution in [2.45, 2.75) is 6.92 Å². The monoisotopic (exact) mass is 390 g/mol. The maximum Gasteiger partial charge on any atom is 0.436 e. The minimum absolute atomic E-state index is 0.125. The van der Waals surface area contributed by atoms with Gasteiger partial charge in [0, 0.05) is 10.9 Å². The van der Waals surface area contributed by atoms with Crippen molar-refractivity contribution >= 4 is 46.6 Å². The number of rotatable bonds is 5. The molecule has 0 saturated carbocycles. The summed E-state index contributed by atoms with van der Waals surface area (Å²) in [5, 5.41) is 10.0. The summed E-state index contributed by atoms with van der Waals surface area (Å²) in [6, 6.07) is 9.37. The van der Waals surface area contributed by atoms with Crippen LogP contribution in [0.25, 0.3) is 11.1 Å². The number of hydrogen-bond donors (Lipinski definition) is 3. The molecule has 1 heterocycles. The summed E-state index contributed by atoms with van der Waals surface area (Å²) in [6.07, 6.45) is -1.19. The van der Waals surface area contributed by atoms with E-state index in [0.717, 1.165) is 11.1 Å². The molecule has 3 amide bonds. The van der Waals surface area contributed by atoms with Crippen molar-refractivity contribution in [3.8, 4) is 11.1 Å². The molecule has 27 heavy (non-hydrogen) atoms. The topological polar surface area (TPSA) is 118 Å². The zero-order valence-corrected chi connectivity index (χ0v) is 15.5. The molecule has 0 aliphatic carbocycles. The number of carbonyl (C=O) groups is 3. The molecule has 0 fully saturated rings. The zero-order valence-electron chi connectivity index (χ0n) is 14.6. The standard InChI is InChI=1S/C17H18N4O5S/c1-3-26-17(24)21-15(20-16(23)25-2)19-13-12(9-27-14(13)18-10-22)11-7-5-4-6-8-11/h4-10H,3H2,1-2H3,(H,18,22)(H2,19,20,21,23,24). The van der Waals surface area contributed by atoms with Gasteiger partial charge >= 0.3 is 12.2 Å². The van der Waals surface area contributed by atoms with Crippen molar-refractivity contribution in [2.75, 3.05) is 24.4 Å². The summed E-state index contributed by atoms with van der Waals surface area (Å²) < 4.78 is 9.31. The molecule has 1 aromatic carbocycles. The first-order valence-electron chi connectivity index (χ1n) is 7.83. The molecular weight excluding hydrogens is 372 g/mol.